The van der Waals surface area contributed by atoms with Crippen LogP contribution in [0.25, 0.3) is 0 Å². The molecule has 0 fully saturated rings. The minimum absolute atomic E-state index is 0.0596. The van der Waals surface area contributed by atoms with Crippen molar-refractivity contribution in [3.8, 4) is 0 Å². The molecule has 3 nitrogen and oxygen atoms in total. The van der Waals surface area contributed by atoms with Gasteiger partial charge in [0.15, 0.2) is 0 Å². The highest BCUT2D eigenvalue weighted by Crippen LogP contribution is 2.49. The van der Waals surface area contributed by atoms with Gasteiger partial charge in [0.2, 0.25) is 0 Å². The normalized spacial score (nSPS) is 30.1. The lowest BCUT2D eigenvalue weighted by Gasteiger charge is -2.13. The first-order valence-corrected chi connectivity index (χ1v) is 5.78. The van der Waals surface area contributed by atoms with Crippen LogP contribution in [0, 0.1) is 0 Å². The van der Waals surface area contributed by atoms with E-state index in [0.29, 0.717) is 0 Å². The van der Waals surface area contributed by atoms with Crippen LogP contribution in [0.5, 0.6) is 0 Å². The highest BCUT2D eigenvalue weighted by Gasteiger charge is 2.37. The molecule has 1 atom stereocenters. The van der Waals surface area contributed by atoms with Crippen LogP contribution in [0.4, 0.5) is 0 Å². The quantitative estimate of drug-likeness (QED) is 0.611. The molecule has 0 radical (unpaired) electrons. The number of carbonyl (C=O) groups excluding carboxylic acids is 1. The van der Waals surface area contributed by atoms with Gasteiger partial charge in [-0.2, -0.15) is 5.11 Å². The average Bonchev–Trinajstić information content (AvgIpc) is 2.59. The highest BCUT2D eigenvalue weighted by atomic mass is 32.2. The molecule has 4 heteroatoms. The Hall–Kier alpha value is -0.900. The van der Waals surface area contributed by atoms with Gasteiger partial charge in [0.1, 0.15) is 5.25 Å². The number of hydrogen-bond donors (Lipinski definition) is 0. The van der Waals surface area contributed by atoms with E-state index < -0.39 is 0 Å². The van der Waals surface area contributed by atoms with E-state index in [1.807, 2.05) is 0 Å². The van der Waals surface area contributed by atoms with Gasteiger partial charge in [-0.1, -0.05) is 0 Å². The maximum absolute atomic E-state index is 11.5. The van der Waals surface area contributed by atoms with Gasteiger partial charge < -0.3 is 0 Å². The predicted molar refractivity (Wildman–Crippen MR) is 54.8 cm³/mol. The first kappa shape index (κ1) is 8.41. The van der Waals surface area contributed by atoms with E-state index in [-0.39, 0.29) is 11.2 Å². The number of rotatable bonds is 0. The molecule has 0 aromatic carbocycles. The molecule has 2 heterocycles. The van der Waals surface area contributed by atoms with Gasteiger partial charge in [-0.3, -0.25) is 4.79 Å². The molecule has 0 spiro atoms. The average molecular weight is 206 g/mol. The molecule has 72 valence electrons. The van der Waals surface area contributed by atoms with Gasteiger partial charge in [0.25, 0.3) is 5.91 Å². The van der Waals surface area contributed by atoms with Crippen LogP contribution in [0.15, 0.2) is 32.5 Å². The number of carbonyl (C=O) groups is 1. The summed E-state index contributed by atoms with van der Waals surface area (Å²) >= 11 is 1.69. The summed E-state index contributed by atoms with van der Waals surface area (Å²) in [6.45, 7) is 0. The van der Waals surface area contributed by atoms with Gasteiger partial charge in [0.05, 0.1) is 6.20 Å². The number of amides is 1. The van der Waals surface area contributed by atoms with E-state index in [0.717, 1.165) is 18.4 Å². The lowest BCUT2D eigenvalue weighted by Crippen LogP contribution is -2.16. The summed E-state index contributed by atoms with van der Waals surface area (Å²) in [5, 5.41) is 7.29. The molecule has 0 N–H and O–H groups in total. The minimum atomic E-state index is -0.0816. The van der Waals surface area contributed by atoms with E-state index >= 15 is 0 Å². The van der Waals surface area contributed by atoms with Gasteiger partial charge in [0, 0.05) is 0 Å². The summed E-state index contributed by atoms with van der Waals surface area (Å²) in [6.07, 6.45) is 6.53. The summed E-state index contributed by atoms with van der Waals surface area (Å²) in [4.78, 5) is 12.9. The molecule has 1 amide bonds. The Morgan fingerprint density at radius 1 is 1.36 bits per heavy atom. The summed E-state index contributed by atoms with van der Waals surface area (Å²) < 4.78 is 0. The second-order valence-electron chi connectivity index (χ2n) is 3.74. The van der Waals surface area contributed by atoms with Crippen LogP contribution in [-0.2, 0) is 4.79 Å². The molecule has 0 saturated heterocycles. The van der Waals surface area contributed by atoms with Gasteiger partial charge in [-0.25, -0.2) is 0 Å². The van der Waals surface area contributed by atoms with Crippen LogP contribution in [0.2, 0.25) is 0 Å². The number of fused-ring (bicyclic) bond motifs is 2. The van der Waals surface area contributed by atoms with E-state index in [9.17, 15) is 4.79 Å². The van der Waals surface area contributed by atoms with Crippen molar-refractivity contribution >= 4 is 17.7 Å². The fourth-order valence-corrected chi connectivity index (χ4v) is 3.59. The number of allylic oxidation sites excluding steroid dienone is 2. The van der Waals surface area contributed by atoms with Crippen molar-refractivity contribution in [1.29, 1.82) is 0 Å². The molecular formula is C10H10N2OS. The summed E-state index contributed by atoms with van der Waals surface area (Å²) in [5.41, 5.74) is 2.52. The van der Waals surface area contributed by atoms with Gasteiger partial charge in [-0.05, 0) is 41.7 Å². The van der Waals surface area contributed by atoms with Crippen LogP contribution >= 0.6 is 11.8 Å². The Morgan fingerprint density at radius 2 is 2.21 bits per heavy atom. The van der Waals surface area contributed by atoms with Gasteiger partial charge >= 0.3 is 0 Å². The Kier molecular flexibility index (Phi) is 1.83. The monoisotopic (exact) mass is 206 g/mol. The van der Waals surface area contributed by atoms with Crippen molar-refractivity contribution in [3.05, 3.63) is 22.3 Å². The van der Waals surface area contributed by atoms with Crippen molar-refractivity contribution in [3.63, 3.8) is 0 Å². The Bertz CT molecular complexity index is 395. The van der Waals surface area contributed by atoms with Crippen molar-refractivity contribution in [2.75, 3.05) is 0 Å². The minimum Gasteiger partial charge on any atom is -0.269 e. The molecule has 3 aliphatic rings. The zero-order valence-corrected chi connectivity index (χ0v) is 8.51. The number of hydrogen-bond acceptors (Lipinski definition) is 3. The lowest BCUT2D eigenvalue weighted by atomic mass is 9.92. The van der Waals surface area contributed by atoms with E-state index in [2.05, 4.69) is 10.2 Å². The number of azo groups is 1. The summed E-state index contributed by atoms with van der Waals surface area (Å²) in [5.74, 6) is -0.0816. The number of thioether (sulfide) groups is 1. The molecule has 1 aliphatic carbocycles. The Morgan fingerprint density at radius 3 is 3.14 bits per heavy atom. The molecule has 1 unspecified atom stereocenters. The van der Waals surface area contributed by atoms with Crippen LogP contribution in [0.1, 0.15) is 25.7 Å². The fraction of sp³-hybridized carbons (Fsp3) is 0.500. The van der Waals surface area contributed by atoms with Crippen LogP contribution < -0.4 is 0 Å². The summed E-state index contributed by atoms with van der Waals surface area (Å²) in [7, 11) is 0. The third kappa shape index (κ3) is 1.10. The SMILES string of the molecule is O=C1N=NC=C2C3=C(CCCC3)SC12. The summed E-state index contributed by atoms with van der Waals surface area (Å²) in [6, 6.07) is 0. The molecule has 2 aliphatic heterocycles. The second-order valence-corrected chi connectivity index (χ2v) is 4.94. The van der Waals surface area contributed by atoms with Crippen molar-refractivity contribution in [2.24, 2.45) is 10.2 Å². The van der Waals surface area contributed by atoms with E-state index in [1.54, 1.807) is 18.0 Å². The molecule has 0 aromatic rings. The van der Waals surface area contributed by atoms with E-state index in [4.69, 9.17) is 0 Å². The third-order valence-electron chi connectivity index (χ3n) is 2.89. The molecule has 0 bridgehead atoms. The maximum Gasteiger partial charge on any atom is 0.282 e. The van der Waals surface area contributed by atoms with Crippen molar-refractivity contribution < 1.29 is 4.79 Å². The largest absolute Gasteiger partial charge is 0.282 e. The smallest absolute Gasteiger partial charge is 0.269 e. The molecular weight excluding hydrogens is 196 g/mol. The Balaban J connectivity index is 2.03. The zero-order chi connectivity index (χ0) is 9.54. The first-order valence-electron chi connectivity index (χ1n) is 4.90. The zero-order valence-electron chi connectivity index (χ0n) is 7.69. The van der Waals surface area contributed by atoms with Gasteiger partial charge in [-0.15, -0.1) is 16.9 Å². The number of nitrogens with zero attached hydrogens (tertiary/aromatic N) is 2. The topological polar surface area (TPSA) is 41.8 Å². The molecule has 0 saturated carbocycles. The lowest BCUT2D eigenvalue weighted by molar-refractivity contribution is -0.117. The first-order chi connectivity index (χ1) is 6.86. The van der Waals surface area contributed by atoms with Crippen LogP contribution in [0.3, 0.4) is 0 Å². The Labute approximate surface area is 86.4 Å². The van der Waals surface area contributed by atoms with Crippen molar-refractivity contribution in [1.82, 2.24) is 0 Å². The molecule has 0 aromatic heterocycles. The fourth-order valence-electron chi connectivity index (χ4n) is 2.21. The van der Waals surface area contributed by atoms with Crippen molar-refractivity contribution in [2.45, 2.75) is 30.9 Å². The third-order valence-corrected chi connectivity index (χ3v) is 4.31. The predicted octanol–water partition coefficient (Wildman–Crippen LogP) is 2.81. The van der Waals surface area contributed by atoms with Crippen LogP contribution in [-0.4, -0.2) is 11.2 Å². The molecule has 3 rings (SSSR count). The molecule has 14 heavy (non-hydrogen) atoms. The standard InChI is InChI=1S/C10H10N2OS/c13-10-9-7(5-11-12-10)6-3-1-2-4-8(6)14-9/h5,9H,1-4H2. The van der Waals surface area contributed by atoms with E-state index in [1.165, 1.54) is 23.3 Å². The highest BCUT2D eigenvalue weighted by molar-refractivity contribution is 8.04. The second kappa shape index (κ2) is 3.05. The maximum atomic E-state index is 11.5.